The number of rotatable bonds is 5. The summed E-state index contributed by atoms with van der Waals surface area (Å²) in [7, 11) is 0. The van der Waals surface area contributed by atoms with E-state index in [2.05, 4.69) is 25.6 Å². The van der Waals surface area contributed by atoms with Gasteiger partial charge in [0.1, 0.15) is 0 Å². The van der Waals surface area contributed by atoms with Crippen molar-refractivity contribution >= 4 is 17.5 Å². The minimum atomic E-state index is -0.486. The number of H-pyrrole nitrogens is 1. The largest absolute Gasteiger partial charge is 0.364 e. The highest BCUT2D eigenvalue weighted by Gasteiger charge is 2.07. The second kappa shape index (κ2) is 6.04. The van der Waals surface area contributed by atoms with Crippen molar-refractivity contribution in [2.24, 2.45) is 0 Å². The molecular formula is C15H14FN5. The monoisotopic (exact) mass is 283 g/mol. The number of aromatic amines is 1. The molecule has 0 saturated carbocycles. The summed E-state index contributed by atoms with van der Waals surface area (Å²) in [6.45, 7) is 0.464. The molecule has 0 saturated heterocycles. The Bertz CT molecular complexity index is 697. The van der Waals surface area contributed by atoms with Crippen molar-refractivity contribution in [3.63, 3.8) is 0 Å². The van der Waals surface area contributed by atoms with Crippen LogP contribution in [0.15, 0.2) is 54.9 Å². The highest BCUT2D eigenvalue weighted by Crippen LogP contribution is 2.16. The molecule has 0 aliphatic heterocycles. The number of nitrogens with zero attached hydrogens (tertiary/aromatic N) is 2. The van der Waals surface area contributed by atoms with Crippen LogP contribution < -0.4 is 10.6 Å². The van der Waals surface area contributed by atoms with Gasteiger partial charge in [0.15, 0.2) is 11.6 Å². The van der Waals surface area contributed by atoms with Gasteiger partial charge in [-0.3, -0.25) is 0 Å². The first-order valence-electron chi connectivity index (χ1n) is 6.52. The van der Waals surface area contributed by atoms with Gasteiger partial charge in [-0.2, -0.15) is 4.98 Å². The van der Waals surface area contributed by atoms with Crippen molar-refractivity contribution in [2.75, 3.05) is 10.6 Å². The number of benzene rings is 1. The van der Waals surface area contributed by atoms with Crippen LogP contribution in [0.5, 0.6) is 0 Å². The van der Waals surface area contributed by atoms with Crippen LogP contribution >= 0.6 is 0 Å². The zero-order valence-corrected chi connectivity index (χ0v) is 11.2. The average Bonchev–Trinajstić information content (AvgIpc) is 3.02. The summed E-state index contributed by atoms with van der Waals surface area (Å²) in [4.78, 5) is 11.1. The smallest absolute Gasteiger partial charge is 0.229 e. The van der Waals surface area contributed by atoms with E-state index in [9.17, 15) is 4.39 Å². The highest BCUT2D eigenvalue weighted by molar-refractivity contribution is 5.54. The van der Waals surface area contributed by atoms with Crippen LogP contribution in [0, 0.1) is 5.82 Å². The summed E-state index contributed by atoms with van der Waals surface area (Å²) in [6.07, 6.45) is 2.96. The normalized spacial score (nSPS) is 10.3. The molecule has 0 spiro atoms. The fraction of sp³-hybridized carbons (Fsp3) is 0.0667. The molecule has 106 valence electrons. The lowest BCUT2D eigenvalue weighted by Crippen LogP contribution is -2.07. The molecule has 0 bridgehead atoms. The van der Waals surface area contributed by atoms with Crippen molar-refractivity contribution in [3.05, 3.63) is 66.4 Å². The Hall–Kier alpha value is -2.89. The van der Waals surface area contributed by atoms with Gasteiger partial charge in [0, 0.05) is 17.6 Å². The Morgan fingerprint density at radius 2 is 1.95 bits per heavy atom. The van der Waals surface area contributed by atoms with E-state index in [4.69, 9.17) is 0 Å². The van der Waals surface area contributed by atoms with Crippen LogP contribution in [-0.4, -0.2) is 15.0 Å². The number of para-hydroxylation sites is 1. The quantitative estimate of drug-likeness (QED) is 0.672. The molecule has 1 aromatic carbocycles. The molecule has 0 atom stereocenters. The van der Waals surface area contributed by atoms with Crippen molar-refractivity contribution in [2.45, 2.75) is 6.54 Å². The molecule has 0 aliphatic rings. The Labute approximate surface area is 121 Å². The fourth-order valence-corrected chi connectivity index (χ4v) is 1.86. The zero-order chi connectivity index (χ0) is 14.5. The number of nitrogens with one attached hydrogen (secondary N) is 3. The Kier molecular flexibility index (Phi) is 3.77. The Morgan fingerprint density at radius 1 is 1.10 bits per heavy atom. The molecule has 2 heterocycles. The van der Waals surface area contributed by atoms with E-state index >= 15 is 0 Å². The van der Waals surface area contributed by atoms with Gasteiger partial charge in [-0.1, -0.05) is 18.2 Å². The molecule has 3 aromatic rings. The van der Waals surface area contributed by atoms with Crippen LogP contribution in [0.25, 0.3) is 0 Å². The SMILES string of the molecule is Fc1cnc(Nc2ccccc2)nc1NCc1ccc[nH]1. The molecule has 3 N–H and O–H groups in total. The fourth-order valence-electron chi connectivity index (χ4n) is 1.86. The number of hydrogen-bond donors (Lipinski definition) is 3. The van der Waals surface area contributed by atoms with Gasteiger partial charge in [-0.25, -0.2) is 9.37 Å². The maximum absolute atomic E-state index is 13.7. The number of hydrogen-bond acceptors (Lipinski definition) is 4. The molecule has 0 fully saturated rings. The molecule has 0 unspecified atom stereocenters. The first kappa shape index (κ1) is 13.1. The lowest BCUT2D eigenvalue weighted by atomic mass is 10.3. The lowest BCUT2D eigenvalue weighted by Gasteiger charge is -2.08. The molecular weight excluding hydrogens is 269 g/mol. The number of aromatic nitrogens is 3. The van der Waals surface area contributed by atoms with Crippen molar-refractivity contribution < 1.29 is 4.39 Å². The van der Waals surface area contributed by atoms with Gasteiger partial charge in [0.05, 0.1) is 12.7 Å². The summed E-state index contributed by atoms with van der Waals surface area (Å²) in [5.41, 5.74) is 1.80. The second-order valence-electron chi connectivity index (χ2n) is 4.43. The maximum atomic E-state index is 13.7. The predicted octanol–water partition coefficient (Wildman–Crippen LogP) is 3.30. The summed E-state index contributed by atoms with van der Waals surface area (Å²) >= 11 is 0. The molecule has 3 rings (SSSR count). The highest BCUT2D eigenvalue weighted by atomic mass is 19.1. The summed E-state index contributed by atoms with van der Waals surface area (Å²) in [5, 5.41) is 5.97. The summed E-state index contributed by atoms with van der Waals surface area (Å²) in [6, 6.07) is 13.3. The average molecular weight is 283 g/mol. The Balaban J connectivity index is 1.73. The third kappa shape index (κ3) is 3.36. The Morgan fingerprint density at radius 3 is 2.71 bits per heavy atom. The second-order valence-corrected chi connectivity index (χ2v) is 4.43. The minimum absolute atomic E-state index is 0.165. The summed E-state index contributed by atoms with van der Waals surface area (Å²) < 4.78 is 13.7. The third-order valence-electron chi connectivity index (χ3n) is 2.88. The number of anilines is 3. The molecule has 2 aromatic heterocycles. The van der Waals surface area contributed by atoms with Crippen LogP contribution in [0.2, 0.25) is 0 Å². The van der Waals surface area contributed by atoms with E-state index in [1.54, 1.807) is 0 Å². The van der Waals surface area contributed by atoms with Gasteiger partial charge >= 0.3 is 0 Å². The van der Waals surface area contributed by atoms with Gasteiger partial charge in [0.2, 0.25) is 5.95 Å². The van der Waals surface area contributed by atoms with E-state index in [1.165, 1.54) is 0 Å². The van der Waals surface area contributed by atoms with Crippen LogP contribution in [0.1, 0.15) is 5.69 Å². The number of halogens is 1. The van der Waals surface area contributed by atoms with Crippen LogP contribution in [-0.2, 0) is 6.54 Å². The molecule has 0 amide bonds. The lowest BCUT2D eigenvalue weighted by molar-refractivity contribution is 0.617. The van der Waals surface area contributed by atoms with Gasteiger partial charge in [-0.05, 0) is 24.3 Å². The molecule has 21 heavy (non-hydrogen) atoms. The van der Waals surface area contributed by atoms with E-state index in [1.807, 2.05) is 48.7 Å². The maximum Gasteiger partial charge on any atom is 0.229 e. The molecule has 5 nitrogen and oxygen atoms in total. The van der Waals surface area contributed by atoms with E-state index in [0.29, 0.717) is 12.5 Å². The molecule has 0 aliphatic carbocycles. The van der Waals surface area contributed by atoms with Crippen LogP contribution in [0.3, 0.4) is 0 Å². The minimum Gasteiger partial charge on any atom is -0.364 e. The first-order valence-corrected chi connectivity index (χ1v) is 6.52. The topological polar surface area (TPSA) is 65.6 Å². The van der Waals surface area contributed by atoms with Gasteiger partial charge in [-0.15, -0.1) is 0 Å². The molecule has 0 radical (unpaired) electrons. The van der Waals surface area contributed by atoms with Crippen LogP contribution in [0.4, 0.5) is 21.8 Å². The van der Waals surface area contributed by atoms with Crippen molar-refractivity contribution in [3.8, 4) is 0 Å². The predicted molar refractivity (Wildman–Crippen MR) is 79.8 cm³/mol. The first-order chi connectivity index (χ1) is 10.3. The zero-order valence-electron chi connectivity index (χ0n) is 11.2. The standard InChI is InChI=1S/C15H14FN5/c16-13-10-19-15(20-11-5-2-1-3-6-11)21-14(13)18-9-12-7-4-8-17-12/h1-8,10,17H,9H2,(H2,18,19,20,21). The van der Waals surface area contributed by atoms with E-state index < -0.39 is 5.82 Å². The van der Waals surface area contributed by atoms with Crippen molar-refractivity contribution in [1.82, 2.24) is 15.0 Å². The van der Waals surface area contributed by atoms with Crippen molar-refractivity contribution in [1.29, 1.82) is 0 Å². The van der Waals surface area contributed by atoms with E-state index in [0.717, 1.165) is 17.6 Å². The van der Waals surface area contributed by atoms with E-state index in [-0.39, 0.29) is 5.82 Å². The van der Waals surface area contributed by atoms with Gasteiger partial charge in [0.25, 0.3) is 0 Å². The van der Waals surface area contributed by atoms with Gasteiger partial charge < -0.3 is 15.6 Å². The third-order valence-corrected chi connectivity index (χ3v) is 2.88. The summed E-state index contributed by atoms with van der Waals surface area (Å²) in [5.74, 6) is 0.0229. The molecule has 6 heteroatoms.